The largest absolute Gasteiger partial charge is 0.481 e. The van der Waals surface area contributed by atoms with Gasteiger partial charge < -0.3 is 9.67 Å². The summed E-state index contributed by atoms with van der Waals surface area (Å²) in [6, 6.07) is 10.3. The third-order valence-electron chi connectivity index (χ3n) is 7.43. The second-order valence-electron chi connectivity index (χ2n) is 9.73. The molecule has 1 aromatic carbocycles. The summed E-state index contributed by atoms with van der Waals surface area (Å²) < 4.78 is 2.34. The topological polar surface area (TPSA) is 72.2 Å². The molecule has 0 radical (unpaired) electrons. The number of hydrogen-bond acceptors (Lipinski definition) is 4. The number of ketones is 1. The minimum Gasteiger partial charge on any atom is -0.481 e. The number of thiophene rings is 1. The number of aliphatic carboxylic acids is 1. The lowest BCUT2D eigenvalue weighted by Gasteiger charge is -2.24. The van der Waals surface area contributed by atoms with Crippen LogP contribution in [0.15, 0.2) is 35.7 Å². The standard InChI is InChI=1S/C28H36N2O3S/c1-3-22(4-2)30-25-13-12-20(16-24(25)29-27(30)18-23-11-8-14-34-23)26(31)17-21(28(32)33)15-19-9-6-5-7-10-19/h8,11-14,16,19,21-22H,3-7,9-10,15,17-18H2,1-2H3,(H,32,33)/t21-/m1/s1. The average molecular weight is 481 g/mol. The van der Waals surface area contributed by atoms with Crippen molar-refractivity contribution >= 4 is 34.1 Å². The molecule has 182 valence electrons. The lowest BCUT2D eigenvalue weighted by Crippen LogP contribution is -2.22. The van der Waals surface area contributed by atoms with Crippen LogP contribution in [0.4, 0.5) is 0 Å². The number of hydrogen-bond donors (Lipinski definition) is 1. The number of rotatable bonds is 11. The third kappa shape index (κ3) is 5.60. The van der Waals surface area contributed by atoms with Crippen molar-refractivity contribution in [3.05, 3.63) is 52.0 Å². The summed E-state index contributed by atoms with van der Waals surface area (Å²) in [6.45, 7) is 4.40. The van der Waals surface area contributed by atoms with Gasteiger partial charge in [-0.05, 0) is 54.8 Å². The maximum Gasteiger partial charge on any atom is 0.306 e. The van der Waals surface area contributed by atoms with Gasteiger partial charge >= 0.3 is 5.97 Å². The quantitative estimate of drug-likeness (QED) is 0.292. The first-order valence-electron chi connectivity index (χ1n) is 12.8. The molecule has 1 aliphatic carbocycles. The van der Waals surface area contributed by atoms with E-state index in [1.54, 1.807) is 11.3 Å². The van der Waals surface area contributed by atoms with Crippen molar-refractivity contribution in [1.29, 1.82) is 0 Å². The molecule has 0 spiro atoms. The van der Waals surface area contributed by atoms with Crippen LogP contribution in [0.2, 0.25) is 0 Å². The number of carbonyl (C=O) groups is 2. The van der Waals surface area contributed by atoms with Crippen LogP contribution >= 0.6 is 11.3 Å². The average Bonchev–Trinajstić information content (AvgIpc) is 3.48. The van der Waals surface area contributed by atoms with Crippen molar-refractivity contribution in [2.45, 2.75) is 84.1 Å². The Balaban J connectivity index is 1.59. The SMILES string of the molecule is CCC(CC)n1c(Cc2cccs2)nc2cc(C(=O)C[C@@H](CC3CCCCC3)C(=O)O)ccc21. The Morgan fingerprint density at radius 2 is 1.91 bits per heavy atom. The van der Waals surface area contributed by atoms with E-state index in [4.69, 9.17) is 4.98 Å². The van der Waals surface area contributed by atoms with E-state index in [9.17, 15) is 14.7 Å². The zero-order valence-electron chi connectivity index (χ0n) is 20.3. The summed E-state index contributed by atoms with van der Waals surface area (Å²) in [5.74, 6) is -0.0989. The van der Waals surface area contributed by atoms with Crippen LogP contribution in [0.25, 0.3) is 11.0 Å². The molecule has 1 atom stereocenters. The normalized spacial score (nSPS) is 15.7. The number of carboxylic acids is 1. The van der Waals surface area contributed by atoms with E-state index in [0.717, 1.165) is 49.0 Å². The number of fused-ring (bicyclic) bond motifs is 1. The summed E-state index contributed by atoms with van der Waals surface area (Å²) in [4.78, 5) is 31.3. The van der Waals surface area contributed by atoms with E-state index < -0.39 is 11.9 Å². The zero-order valence-corrected chi connectivity index (χ0v) is 21.2. The molecule has 0 saturated heterocycles. The molecule has 0 unspecified atom stereocenters. The fourth-order valence-electron chi connectivity index (χ4n) is 5.52. The number of aromatic nitrogens is 2. The molecule has 0 amide bonds. The molecule has 4 rings (SSSR count). The summed E-state index contributed by atoms with van der Waals surface area (Å²) in [6.07, 6.45) is 9.24. The monoisotopic (exact) mass is 480 g/mol. The molecule has 1 fully saturated rings. The number of nitrogens with zero attached hydrogens (tertiary/aromatic N) is 2. The van der Waals surface area contributed by atoms with Crippen molar-refractivity contribution in [2.24, 2.45) is 11.8 Å². The second-order valence-corrected chi connectivity index (χ2v) is 10.8. The predicted molar refractivity (Wildman–Crippen MR) is 138 cm³/mol. The highest BCUT2D eigenvalue weighted by molar-refractivity contribution is 7.09. The summed E-state index contributed by atoms with van der Waals surface area (Å²) >= 11 is 1.73. The molecule has 1 N–H and O–H groups in total. The molecule has 1 saturated carbocycles. The number of Topliss-reactive ketones (excluding diaryl/α,β-unsaturated/α-hetero) is 1. The first-order valence-corrected chi connectivity index (χ1v) is 13.7. The van der Waals surface area contributed by atoms with E-state index in [1.807, 2.05) is 18.2 Å². The number of carboxylic acid groups (broad SMARTS) is 1. The molecule has 6 heteroatoms. The fraction of sp³-hybridized carbons (Fsp3) is 0.536. The molecule has 5 nitrogen and oxygen atoms in total. The van der Waals surface area contributed by atoms with Gasteiger partial charge in [0, 0.05) is 29.3 Å². The van der Waals surface area contributed by atoms with E-state index >= 15 is 0 Å². The summed E-state index contributed by atoms with van der Waals surface area (Å²) in [5.41, 5.74) is 2.44. The number of benzene rings is 1. The lowest BCUT2D eigenvalue weighted by molar-refractivity contribution is -0.142. The van der Waals surface area contributed by atoms with Crippen molar-refractivity contribution in [3.8, 4) is 0 Å². The van der Waals surface area contributed by atoms with Gasteiger partial charge in [0.05, 0.1) is 17.0 Å². The first kappa shape index (κ1) is 24.6. The Morgan fingerprint density at radius 3 is 2.56 bits per heavy atom. The van der Waals surface area contributed by atoms with Crippen LogP contribution in [0.1, 0.15) is 98.7 Å². The smallest absolute Gasteiger partial charge is 0.306 e. The van der Waals surface area contributed by atoms with E-state index in [2.05, 4.69) is 35.9 Å². The third-order valence-corrected chi connectivity index (χ3v) is 8.30. The van der Waals surface area contributed by atoms with Gasteiger partial charge in [-0.3, -0.25) is 9.59 Å². The number of imidazole rings is 1. The zero-order chi connectivity index (χ0) is 24.1. The molecular weight excluding hydrogens is 444 g/mol. The van der Waals surface area contributed by atoms with Crippen molar-refractivity contribution in [2.75, 3.05) is 0 Å². The summed E-state index contributed by atoms with van der Waals surface area (Å²) in [7, 11) is 0. The minimum absolute atomic E-state index is 0.0621. The van der Waals surface area contributed by atoms with Crippen molar-refractivity contribution < 1.29 is 14.7 Å². The van der Waals surface area contributed by atoms with Gasteiger partial charge in [-0.15, -0.1) is 11.3 Å². The molecule has 1 aliphatic rings. The Bertz CT molecular complexity index is 1110. The highest BCUT2D eigenvalue weighted by Crippen LogP contribution is 2.32. The van der Waals surface area contributed by atoms with Crippen LogP contribution in [-0.4, -0.2) is 26.4 Å². The Kier molecular flexibility index (Phi) is 8.19. The lowest BCUT2D eigenvalue weighted by atomic mass is 9.81. The van der Waals surface area contributed by atoms with Gasteiger partial charge in [0.1, 0.15) is 5.82 Å². The minimum atomic E-state index is -0.851. The molecule has 2 aromatic heterocycles. The first-order chi connectivity index (χ1) is 16.5. The highest BCUT2D eigenvalue weighted by Gasteiger charge is 2.27. The second kappa shape index (κ2) is 11.3. The van der Waals surface area contributed by atoms with Crippen LogP contribution in [0.3, 0.4) is 0 Å². The molecule has 3 aromatic rings. The molecule has 0 aliphatic heterocycles. The van der Waals surface area contributed by atoms with E-state index in [0.29, 0.717) is 23.9 Å². The van der Waals surface area contributed by atoms with Crippen molar-refractivity contribution in [3.63, 3.8) is 0 Å². The van der Waals surface area contributed by atoms with Crippen LogP contribution < -0.4 is 0 Å². The molecular formula is C28H36N2O3S. The molecule has 2 heterocycles. The maximum atomic E-state index is 13.1. The van der Waals surface area contributed by atoms with Gasteiger partial charge in [0.2, 0.25) is 0 Å². The Labute approximate surface area is 206 Å². The van der Waals surface area contributed by atoms with Gasteiger partial charge in [-0.25, -0.2) is 4.98 Å². The Hall–Kier alpha value is -2.47. The Morgan fingerprint density at radius 1 is 1.15 bits per heavy atom. The summed E-state index contributed by atoms with van der Waals surface area (Å²) in [5, 5.41) is 11.9. The van der Waals surface area contributed by atoms with Crippen LogP contribution in [0, 0.1) is 11.8 Å². The van der Waals surface area contributed by atoms with Crippen LogP contribution in [-0.2, 0) is 11.2 Å². The molecule has 0 bridgehead atoms. The van der Waals surface area contributed by atoms with Crippen LogP contribution in [0.5, 0.6) is 0 Å². The van der Waals surface area contributed by atoms with Gasteiger partial charge in [-0.2, -0.15) is 0 Å². The van der Waals surface area contributed by atoms with Gasteiger partial charge in [0.15, 0.2) is 5.78 Å². The molecule has 34 heavy (non-hydrogen) atoms. The van der Waals surface area contributed by atoms with Crippen molar-refractivity contribution in [1.82, 2.24) is 9.55 Å². The van der Waals surface area contributed by atoms with E-state index in [-0.39, 0.29) is 12.2 Å². The predicted octanol–water partition coefficient (Wildman–Crippen LogP) is 7.29. The van der Waals surface area contributed by atoms with Gasteiger partial charge in [-0.1, -0.05) is 52.0 Å². The number of carbonyl (C=O) groups excluding carboxylic acids is 1. The van der Waals surface area contributed by atoms with Gasteiger partial charge in [0.25, 0.3) is 0 Å². The fourth-order valence-corrected chi connectivity index (χ4v) is 6.22. The highest BCUT2D eigenvalue weighted by atomic mass is 32.1. The van der Waals surface area contributed by atoms with E-state index in [1.165, 1.54) is 24.1 Å². The maximum absolute atomic E-state index is 13.1.